The van der Waals surface area contributed by atoms with Crippen LogP contribution in [0.2, 0.25) is 0 Å². The molecule has 0 radical (unpaired) electrons. The van der Waals surface area contributed by atoms with Crippen molar-refractivity contribution in [2.75, 3.05) is 30.8 Å². The van der Waals surface area contributed by atoms with E-state index in [4.69, 9.17) is 15.6 Å². The summed E-state index contributed by atoms with van der Waals surface area (Å²) >= 11 is 0. The maximum absolute atomic E-state index is 8.67. The molecule has 4 N–H and O–H groups in total. The standard InChI is InChI=1S/C12H22N4O2/c1-2-8-18-12-10(13)11(15-9-16-12)14-6-4-3-5-7-17/h9,17H,2-8,13H2,1H3,(H,14,15,16). The van der Waals surface area contributed by atoms with Gasteiger partial charge in [0.15, 0.2) is 5.82 Å². The first-order valence-corrected chi connectivity index (χ1v) is 6.37. The van der Waals surface area contributed by atoms with Crippen molar-refractivity contribution >= 4 is 11.5 Å². The van der Waals surface area contributed by atoms with Crippen molar-refractivity contribution in [3.05, 3.63) is 6.33 Å². The Bertz CT molecular complexity index is 347. The summed E-state index contributed by atoms with van der Waals surface area (Å²) in [6.07, 6.45) is 5.12. The fourth-order valence-corrected chi connectivity index (χ4v) is 1.45. The van der Waals surface area contributed by atoms with Gasteiger partial charge in [-0.25, -0.2) is 4.98 Å². The lowest BCUT2D eigenvalue weighted by Crippen LogP contribution is -2.09. The second-order valence-electron chi connectivity index (χ2n) is 4.00. The molecule has 0 aliphatic rings. The molecule has 1 aromatic heterocycles. The lowest BCUT2D eigenvalue weighted by molar-refractivity contribution is 0.283. The molecule has 6 heteroatoms. The second kappa shape index (κ2) is 8.52. The fourth-order valence-electron chi connectivity index (χ4n) is 1.45. The quantitative estimate of drug-likeness (QED) is 0.577. The van der Waals surface area contributed by atoms with Crippen molar-refractivity contribution in [3.8, 4) is 5.88 Å². The molecule has 0 spiro atoms. The third-order valence-electron chi connectivity index (χ3n) is 2.42. The Hall–Kier alpha value is -1.56. The molecule has 1 heterocycles. The number of nitrogens with zero attached hydrogens (tertiary/aromatic N) is 2. The van der Waals surface area contributed by atoms with Crippen LogP contribution in [0.25, 0.3) is 0 Å². The first kappa shape index (κ1) is 14.5. The monoisotopic (exact) mass is 254 g/mol. The summed E-state index contributed by atoms with van der Waals surface area (Å²) < 4.78 is 5.42. The van der Waals surface area contributed by atoms with E-state index in [1.807, 2.05) is 6.92 Å². The average molecular weight is 254 g/mol. The average Bonchev–Trinajstić information content (AvgIpc) is 2.39. The highest BCUT2D eigenvalue weighted by Crippen LogP contribution is 2.24. The molecule has 18 heavy (non-hydrogen) atoms. The molecule has 0 amide bonds. The van der Waals surface area contributed by atoms with Gasteiger partial charge in [0.05, 0.1) is 6.61 Å². The number of anilines is 2. The minimum Gasteiger partial charge on any atom is -0.476 e. The smallest absolute Gasteiger partial charge is 0.242 e. The summed E-state index contributed by atoms with van der Waals surface area (Å²) in [6, 6.07) is 0. The molecular weight excluding hydrogens is 232 g/mol. The lowest BCUT2D eigenvalue weighted by Gasteiger charge is -2.11. The minimum absolute atomic E-state index is 0.241. The van der Waals surface area contributed by atoms with Crippen LogP contribution in [-0.2, 0) is 0 Å². The molecule has 6 nitrogen and oxygen atoms in total. The Balaban J connectivity index is 2.44. The molecule has 1 aromatic rings. The first-order chi connectivity index (χ1) is 8.79. The van der Waals surface area contributed by atoms with Gasteiger partial charge in [-0.1, -0.05) is 6.92 Å². The van der Waals surface area contributed by atoms with Crippen molar-refractivity contribution in [1.82, 2.24) is 9.97 Å². The van der Waals surface area contributed by atoms with Gasteiger partial charge in [0.1, 0.15) is 12.0 Å². The third-order valence-corrected chi connectivity index (χ3v) is 2.42. The summed E-state index contributed by atoms with van der Waals surface area (Å²) in [5, 5.41) is 11.8. The predicted octanol–water partition coefficient (Wildman–Crippen LogP) is 1.42. The minimum atomic E-state index is 0.241. The van der Waals surface area contributed by atoms with E-state index in [1.165, 1.54) is 6.33 Å². The number of ether oxygens (including phenoxy) is 1. The fraction of sp³-hybridized carbons (Fsp3) is 0.667. The van der Waals surface area contributed by atoms with E-state index in [9.17, 15) is 0 Å². The van der Waals surface area contributed by atoms with Crippen molar-refractivity contribution in [3.63, 3.8) is 0 Å². The van der Waals surface area contributed by atoms with E-state index >= 15 is 0 Å². The number of unbranched alkanes of at least 4 members (excludes halogenated alkanes) is 2. The summed E-state index contributed by atoms with van der Waals surface area (Å²) in [5.41, 5.74) is 6.36. The maximum Gasteiger partial charge on any atom is 0.242 e. The van der Waals surface area contributed by atoms with Gasteiger partial charge >= 0.3 is 0 Å². The van der Waals surface area contributed by atoms with E-state index in [2.05, 4.69) is 15.3 Å². The molecular formula is C12H22N4O2. The number of nitrogens with two attached hydrogens (primary N) is 1. The van der Waals surface area contributed by atoms with E-state index in [0.29, 0.717) is 24.0 Å². The summed E-state index contributed by atoms with van der Waals surface area (Å²) in [7, 11) is 0. The zero-order valence-electron chi connectivity index (χ0n) is 10.9. The van der Waals surface area contributed by atoms with Crippen molar-refractivity contribution in [2.45, 2.75) is 32.6 Å². The van der Waals surface area contributed by atoms with E-state index in [-0.39, 0.29) is 6.61 Å². The summed E-state index contributed by atoms with van der Waals surface area (Å²) in [6.45, 7) is 3.63. The highest BCUT2D eigenvalue weighted by Gasteiger charge is 2.08. The number of nitrogen functional groups attached to an aromatic ring is 1. The third kappa shape index (κ3) is 4.75. The van der Waals surface area contributed by atoms with Crippen molar-refractivity contribution in [1.29, 1.82) is 0 Å². The van der Waals surface area contributed by atoms with E-state index in [1.54, 1.807) is 0 Å². The Morgan fingerprint density at radius 3 is 2.89 bits per heavy atom. The van der Waals surface area contributed by atoms with Crippen molar-refractivity contribution in [2.24, 2.45) is 0 Å². The van der Waals surface area contributed by atoms with Crippen LogP contribution in [-0.4, -0.2) is 34.8 Å². The molecule has 102 valence electrons. The van der Waals surface area contributed by atoms with Crippen LogP contribution in [0.5, 0.6) is 5.88 Å². The van der Waals surface area contributed by atoms with Crippen LogP contribution in [0.3, 0.4) is 0 Å². The topological polar surface area (TPSA) is 93.3 Å². The molecule has 0 saturated carbocycles. The number of hydrogen-bond donors (Lipinski definition) is 3. The maximum atomic E-state index is 8.67. The van der Waals surface area contributed by atoms with Crippen LogP contribution in [0.4, 0.5) is 11.5 Å². The molecule has 0 aromatic carbocycles. The molecule has 0 aliphatic heterocycles. The highest BCUT2D eigenvalue weighted by molar-refractivity contribution is 5.66. The Labute approximate surface area is 108 Å². The highest BCUT2D eigenvalue weighted by atomic mass is 16.5. The predicted molar refractivity (Wildman–Crippen MR) is 71.7 cm³/mol. The van der Waals surface area contributed by atoms with Gasteiger partial charge < -0.3 is 20.9 Å². The van der Waals surface area contributed by atoms with Gasteiger partial charge in [-0.2, -0.15) is 4.98 Å². The van der Waals surface area contributed by atoms with Gasteiger partial charge in [0.2, 0.25) is 5.88 Å². The molecule has 0 unspecified atom stereocenters. The van der Waals surface area contributed by atoms with Crippen LogP contribution < -0.4 is 15.8 Å². The van der Waals surface area contributed by atoms with Gasteiger partial charge in [-0.15, -0.1) is 0 Å². The molecule has 1 rings (SSSR count). The molecule has 0 aliphatic carbocycles. The molecule has 0 atom stereocenters. The van der Waals surface area contributed by atoms with Gasteiger partial charge in [0, 0.05) is 13.2 Å². The first-order valence-electron chi connectivity index (χ1n) is 6.37. The summed E-state index contributed by atoms with van der Waals surface area (Å²) in [4.78, 5) is 8.09. The lowest BCUT2D eigenvalue weighted by atomic mass is 10.2. The number of aliphatic hydroxyl groups is 1. The van der Waals surface area contributed by atoms with E-state index in [0.717, 1.165) is 32.2 Å². The van der Waals surface area contributed by atoms with Crippen LogP contribution in [0, 0.1) is 0 Å². The van der Waals surface area contributed by atoms with Crippen LogP contribution in [0.1, 0.15) is 32.6 Å². The molecule has 0 bridgehead atoms. The van der Waals surface area contributed by atoms with Crippen LogP contribution in [0.15, 0.2) is 6.33 Å². The summed E-state index contributed by atoms with van der Waals surface area (Å²) in [5.74, 6) is 1.05. The largest absolute Gasteiger partial charge is 0.476 e. The Morgan fingerprint density at radius 1 is 1.33 bits per heavy atom. The number of hydrogen-bond acceptors (Lipinski definition) is 6. The molecule has 0 saturated heterocycles. The number of nitrogens with one attached hydrogen (secondary N) is 1. The normalized spacial score (nSPS) is 10.3. The van der Waals surface area contributed by atoms with Crippen LogP contribution >= 0.6 is 0 Å². The Kier molecular flexibility index (Phi) is 6.86. The second-order valence-corrected chi connectivity index (χ2v) is 4.00. The molecule has 0 fully saturated rings. The number of aliphatic hydroxyl groups excluding tert-OH is 1. The van der Waals surface area contributed by atoms with Gasteiger partial charge in [-0.3, -0.25) is 0 Å². The number of rotatable bonds is 9. The van der Waals surface area contributed by atoms with E-state index < -0.39 is 0 Å². The van der Waals surface area contributed by atoms with Crippen molar-refractivity contribution < 1.29 is 9.84 Å². The van der Waals surface area contributed by atoms with Gasteiger partial charge in [0.25, 0.3) is 0 Å². The Morgan fingerprint density at radius 2 is 2.17 bits per heavy atom. The zero-order valence-corrected chi connectivity index (χ0v) is 10.9. The van der Waals surface area contributed by atoms with Gasteiger partial charge in [-0.05, 0) is 25.7 Å². The SMILES string of the molecule is CCCOc1ncnc(NCCCCCO)c1N. The number of aromatic nitrogens is 2. The zero-order chi connectivity index (χ0) is 13.2.